The van der Waals surface area contributed by atoms with Gasteiger partial charge in [-0.1, -0.05) is 29.3 Å². The molecule has 0 heterocycles. The second-order valence-electron chi connectivity index (χ2n) is 4.99. The van der Waals surface area contributed by atoms with E-state index in [-0.39, 0.29) is 0 Å². The van der Waals surface area contributed by atoms with Gasteiger partial charge in [0, 0.05) is 6.04 Å². The van der Waals surface area contributed by atoms with Crippen molar-refractivity contribution in [2.24, 2.45) is 5.92 Å². The molecule has 0 amide bonds. The van der Waals surface area contributed by atoms with E-state index in [1.807, 2.05) is 0 Å². The van der Waals surface area contributed by atoms with Crippen LogP contribution < -0.4 is 5.32 Å². The van der Waals surface area contributed by atoms with Gasteiger partial charge in [0.1, 0.15) is 0 Å². The van der Waals surface area contributed by atoms with E-state index in [0.717, 1.165) is 5.92 Å². The van der Waals surface area contributed by atoms with E-state index in [9.17, 15) is 0 Å². The van der Waals surface area contributed by atoms with Crippen molar-refractivity contribution < 1.29 is 0 Å². The molecule has 0 saturated heterocycles. The van der Waals surface area contributed by atoms with Crippen LogP contribution in [0.4, 0.5) is 0 Å². The Hall–Kier alpha value is -0.820. The summed E-state index contributed by atoms with van der Waals surface area (Å²) in [5.74, 6) is 0.957. The number of rotatable bonds is 4. The van der Waals surface area contributed by atoms with Gasteiger partial charge in [-0.2, -0.15) is 0 Å². The molecule has 0 radical (unpaired) electrons. The Morgan fingerprint density at radius 1 is 1.20 bits per heavy atom. The van der Waals surface area contributed by atoms with Crippen LogP contribution >= 0.6 is 0 Å². The van der Waals surface area contributed by atoms with Gasteiger partial charge in [0.05, 0.1) is 0 Å². The molecule has 0 bridgehead atoms. The fourth-order valence-electron chi connectivity index (χ4n) is 2.04. The van der Waals surface area contributed by atoms with E-state index in [2.05, 4.69) is 44.3 Å². The first-order chi connectivity index (χ1) is 7.15. The Labute approximate surface area is 92.9 Å². The van der Waals surface area contributed by atoms with Crippen LogP contribution in [0, 0.1) is 19.8 Å². The molecule has 0 spiro atoms. The van der Waals surface area contributed by atoms with Gasteiger partial charge < -0.3 is 5.32 Å². The predicted octanol–water partition coefficient (Wildman–Crippen LogP) is 3.36. The molecule has 2 rings (SSSR count). The lowest BCUT2D eigenvalue weighted by Crippen LogP contribution is -2.21. The molecule has 1 saturated carbocycles. The van der Waals surface area contributed by atoms with Crippen molar-refractivity contribution >= 4 is 0 Å². The first kappa shape index (κ1) is 10.7. The summed E-state index contributed by atoms with van der Waals surface area (Å²) < 4.78 is 0. The lowest BCUT2D eigenvalue weighted by atomic mass is 10.0. The molecule has 1 N–H and O–H groups in total. The van der Waals surface area contributed by atoms with E-state index in [1.165, 1.54) is 36.1 Å². The van der Waals surface area contributed by atoms with E-state index in [0.29, 0.717) is 6.04 Å². The molecule has 1 aromatic rings. The zero-order valence-corrected chi connectivity index (χ0v) is 10.0. The first-order valence-electron chi connectivity index (χ1n) is 5.97. The summed E-state index contributed by atoms with van der Waals surface area (Å²) in [4.78, 5) is 0. The van der Waals surface area contributed by atoms with Crippen molar-refractivity contribution in [2.45, 2.75) is 39.7 Å². The Morgan fingerprint density at radius 3 is 2.33 bits per heavy atom. The Balaban J connectivity index is 1.99. The van der Waals surface area contributed by atoms with Crippen molar-refractivity contribution in [3.05, 3.63) is 34.9 Å². The maximum Gasteiger partial charge on any atom is 0.0292 e. The summed E-state index contributed by atoms with van der Waals surface area (Å²) in [6.45, 7) is 7.79. The maximum atomic E-state index is 3.62. The van der Waals surface area contributed by atoms with Gasteiger partial charge in [-0.3, -0.25) is 0 Å². The van der Waals surface area contributed by atoms with Crippen molar-refractivity contribution in [2.75, 3.05) is 6.54 Å². The number of nitrogens with one attached hydrogen (secondary N) is 1. The molecule has 1 fully saturated rings. The lowest BCUT2D eigenvalue weighted by Gasteiger charge is -2.15. The molecule has 1 atom stereocenters. The van der Waals surface area contributed by atoms with E-state index in [1.54, 1.807) is 0 Å². The topological polar surface area (TPSA) is 12.0 Å². The number of aryl methyl sites for hydroxylation is 2. The van der Waals surface area contributed by atoms with E-state index < -0.39 is 0 Å². The molecule has 1 heteroatoms. The molecule has 82 valence electrons. The van der Waals surface area contributed by atoms with Crippen LogP contribution in [0.15, 0.2) is 18.2 Å². The molecule has 1 aliphatic carbocycles. The van der Waals surface area contributed by atoms with Crippen molar-refractivity contribution in [1.29, 1.82) is 0 Å². The Bertz CT molecular complexity index is 319. The van der Waals surface area contributed by atoms with Crippen LogP contribution in [0.25, 0.3) is 0 Å². The third-order valence-corrected chi connectivity index (χ3v) is 3.15. The smallest absolute Gasteiger partial charge is 0.0292 e. The standard InChI is InChI=1S/C14H21N/c1-10-6-11(2)8-14(7-10)12(3)15-9-13-4-5-13/h6-8,12-13,15H,4-5,9H2,1-3H3/t12-/m0/s1. The highest BCUT2D eigenvalue weighted by Gasteiger charge is 2.21. The zero-order valence-electron chi connectivity index (χ0n) is 10.0. The number of hydrogen-bond acceptors (Lipinski definition) is 1. The summed E-state index contributed by atoms with van der Waals surface area (Å²) in [6.07, 6.45) is 2.85. The minimum atomic E-state index is 0.490. The normalized spacial score (nSPS) is 17.8. The van der Waals surface area contributed by atoms with Crippen LogP contribution in [0.5, 0.6) is 0 Å². The van der Waals surface area contributed by atoms with E-state index >= 15 is 0 Å². The van der Waals surface area contributed by atoms with Crippen LogP contribution in [0.2, 0.25) is 0 Å². The summed E-state index contributed by atoms with van der Waals surface area (Å²) in [5.41, 5.74) is 4.16. The zero-order chi connectivity index (χ0) is 10.8. The van der Waals surface area contributed by atoms with Gasteiger partial charge in [-0.05, 0) is 51.6 Å². The fraction of sp³-hybridized carbons (Fsp3) is 0.571. The molecule has 15 heavy (non-hydrogen) atoms. The van der Waals surface area contributed by atoms with Crippen LogP contribution in [-0.2, 0) is 0 Å². The molecule has 1 aliphatic rings. The van der Waals surface area contributed by atoms with Crippen molar-refractivity contribution in [1.82, 2.24) is 5.32 Å². The Kier molecular flexibility index (Phi) is 3.11. The minimum Gasteiger partial charge on any atom is -0.310 e. The quantitative estimate of drug-likeness (QED) is 0.791. The maximum absolute atomic E-state index is 3.62. The molecule has 1 aromatic carbocycles. The molecule has 0 unspecified atom stereocenters. The van der Waals surface area contributed by atoms with Gasteiger partial charge in [0.15, 0.2) is 0 Å². The highest BCUT2D eigenvalue weighted by atomic mass is 14.9. The SMILES string of the molecule is Cc1cc(C)cc([C@H](C)NCC2CC2)c1. The minimum absolute atomic E-state index is 0.490. The first-order valence-corrected chi connectivity index (χ1v) is 5.97. The monoisotopic (exact) mass is 203 g/mol. The average Bonchev–Trinajstić information content (AvgIpc) is 2.96. The van der Waals surface area contributed by atoms with E-state index in [4.69, 9.17) is 0 Å². The third-order valence-electron chi connectivity index (χ3n) is 3.15. The second kappa shape index (κ2) is 4.36. The summed E-state index contributed by atoms with van der Waals surface area (Å²) in [7, 11) is 0. The van der Waals surface area contributed by atoms with Crippen molar-refractivity contribution in [3.8, 4) is 0 Å². The van der Waals surface area contributed by atoms with Gasteiger partial charge in [-0.15, -0.1) is 0 Å². The third kappa shape index (κ3) is 3.07. The Morgan fingerprint density at radius 2 is 1.80 bits per heavy atom. The molecule has 0 aromatic heterocycles. The van der Waals surface area contributed by atoms with Gasteiger partial charge in [0.25, 0.3) is 0 Å². The number of benzene rings is 1. The lowest BCUT2D eigenvalue weighted by molar-refractivity contribution is 0.548. The molecule has 0 aliphatic heterocycles. The average molecular weight is 203 g/mol. The van der Waals surface area contributed by atoms with Gasteiger partial charge in [-0.25, -0.2) is 0 Å². The summed E-state index contributed by atoms with van der Waals surface area (Å²) in [6, 6.07) is 7.30. The van der Waals surface area contributed by atoms with Crippen LogP contribution in [-0.4, -0.2) is 6.54 Å². The summed E-state index contributed by atoms with van der Waals surface area (Å²) in [5, 5.41) is 3.62. The van der Waals surface area contributed by atoms with Gasteiger partial charge >= 0.3 is 0 Å². The van der Waals surface area contributed by atoms with Gasteiger partial charge in [0.2, 0.25) is 0 Å². The predicted molar refractivity (Wildman–Crippen MR) is 65.1 cm³/mol. The number of hydrogen-bond donors (Lipinski definition) is 1. The second-order valence-corrected chi connectivity index (χ2v) is 4.99. The highest BCUT2D eigenvalue weighted by molar-refractivity contribution is 5.30. The highest BCUT2D eigenvalue weighted by Crippen LogP contribution is 2.28. The summed E-state index contributed by atoms with van der Waals surface area (Å²) >= 11 is 0. The molecular weight excluding hydrogens is 182 g/mol. The molecule has 1 nitrogen and oxygen atoms in total. The van der Waals surface area contributed by atoms with Crippen LogP contribution in [0.1, 0.15) is 42.5 Å². The van der Waals surface area contributed by atoms with Crippen molar-refractivity contribution in [3.63, 3.8) is 0 Å². The fourth-order valence-corrected chi connectivity index (χ4v) is 2.04. The van der Waals surface area contributed by atoms with Crippen LogP contribution in [0.3, 0.4) is 0 Å². The molecular formula is C14H21N. The largest absolute Gasteiger partial charge is 0.310 e.